The monoisotopic (exact) mass is 418 g/mol. The zero-order chi connectivity index (χ0) is 22.2. The van der Waals surface area contributed by atoms with E-state index < -0.39 is 17.3 Å². The van der Waals surface area contributed by atoms with Crippen LogP contribution in [-0.2, 0) is 19.8 Å². The van der Waals surface area contributed by atoms with Crippen molar-refractivity contribution >= 4 is 23.3 Å². The second-order valence-corrected chi connectivity index (χ2v) is 8.69. The Morgan fingerprint density at radius 2 is 1.44 bits per heavy atom. The molecule has 154 valence electrons. The van der Waals surface area contributed by atoms with Crippen molar-refractivity contribution in [2.24, 2.45) is 11.8 Å². The quantitative estimate of drug-likeness (QED) is 0.595. The Bertz CT molecular complexity index is 1340. The second-order valence-electron chi connectivity index (χ2n) is 8.69. The number of amides is 2. The summed E-state index contributed by atoms with van der Waals surface area (Å²) in [5.74, 6) is -2.50. The molecule has 0 unspecified atom stereocenters. The molecule has 7 rings (SSSR count). The minimum absolute atomic E-state index is 0.131. The first-order valence-corrected chi connectivity index (χ1v) is 10.6. The molecule has 3 aliphatic carbocycles. The van der Waals surface area contributed by atoms with Crippen LogP contribution in [0.3, 0.4) is 0 Å². The van der Waals surface area contributed by atoms with Crippen LogP contribution in [-0.4, -0.2) is 17.6 Å². The van der Waals surface area contributed by atoms with Gasteiger partial charge in [0, 0.05) is 5.92 Å². The van der Waals surface area contributed by atoms with E-state index >= 15 is 0 Å². The van der Waals surface area contributed by atoms with Crippen molar-refractivity contribution in [3.63, 3.8) is 0 Å². The van der Waals surface area contributed by atoms with Gasteiger partial charge in [0.05, 0.1) is 34.6 Å². The van der Waals surface area contributed by atoms with Gasteiger partial charge >= 0.3 is 0 Å². The summed E-state index contributed by atoms with van der Waals surface area (Å²) >= 11 is 0. The minimum atomic E-state index is -1.19. The van der Waals surface area contributed by atoms with Crippen LogP contribution in [0, 0.1) is 23.2 Å². The number of nitriles is 1. The maximum absolute atomic E-state index is 13.9. The Morgan fingerprint density at radius 1 is 0.875 bits per heavy atom. The van der Waals surface area contributed by atoms with E-state index in [-0.39, 0.29) is 23.5 Å². The summed E-state index contributed by atoms with van der Waals surface area (Å²) < 4.78 is 0. The summed E-state index contributed by atoms with van der Waals surface area (Å²) in [5.41, 5.74) is 3.25. The number of Topliss-reactive ketones (excluding diaryl/α,β-unsaturated/α-hetero) is 1. The summed E-state index contributed by atoms with van der Waals surface area (Å²) in [4.78, 5) is 42.4. The molecule has 32 heavy (non-hydrogen) atoms. The van der Waals surface area contributed by atoms with Gasteiger partial charge < -0.3 is 0 Å². The lowest BCUT2D eigenvalue weighted by Gasteiger charge is -2.52. The summed E-state index contributed by atoms with van der Waals surface area (Å²) in [6, 6.07) is 23.9. The van der Waals surface area contributed by atoms with E-state index in [0.717, 1.165) is 22.3 Å². The topological polar surface area (TPSA) is 78.2 Å². The van der Waals surface area contributed by atoms with Gasteiger partial charge in [0.1, 0.15) is 5.78 Å². The van der Waals surface area contributed by atoms with Gasteiger partial charge in [0.2, 0.25) is 11.8 Å². The van der Waals surface area contributed by atoms with E-state index in [4.69, 9.17) is 5.26 Å². The van der Waals surface area contributed by atoms with Gasteiger partial charge in [-0.15, -0.1) is 0 Å². The highest BCUT2D eigenvalue weighted by atomic mass is 16.2. The molecule has 0 saturated carbocycles. The van der Waals surface area contributed by atoms with Gasteiger partial charge in [-0.05, 0) is 53.4 Å². The molecule has 0 aromatic heterocycles. The molecule has 1 aliphatic heterocycles. The standard InChI is InChI=1S/C27H18N2O3/c1-15(30)27-20-8-4-2-6-18(20)22(19-7-3-5-9-21(19)27)23-24(27)26(32)29(25(23)31)17-12-10-16(14-28)11-13-17/h2-13,22-24H,1H3/t22?,23-,24-,27?/m0/s1. The molecule has 1 heterocycles. The molecule has 1 saturated heterocycles. The van der Waals surface area contributed by atoms with E-state index in [1.54, 1.807) is 24.3 Å². The van der Waals surface area contributed by atoms with Gasteiger partial charge in [0.15, 0.2) is 0 Å². The first-order chi connectivity index (χ1) is 15.5. The number of benzene rings is 3. The molecular weight excluding hydrogens is 400 g/mol. The number of imide groups is 1. The van der Waals surface area contributed by atoms with E-state index in [1.165, 1.54) is 11.8 Å². The molecule has 0 N–H and O–H groups in total. The molecule has 3 aromatic rings. The Morgan fingerprint density at radius 3 is 1.97 bits per heavy atom. The van der Waals surface area contributed by atoms with Gasteiger partial charge in [-0.2, -0.15) is 5.26 Å². The number of carbonyl (C=O) groups is 3. The first-order valence-electron chi connectivity index (χ1n) is 10.6. The van der Waals surface area contributed by atoms with Crippen molar-refractivity contribution in [1.29, 1.82) is 5.26 Å². The smallest absolute Gasteiger partial charge is 0.239 e. The van der Waals surface area contributed by atoms with Crippen LogP contribution in [0.1, 0.15) is 40.7 Å². The van der Waals surface area contributed by atoms with Crippen LogP contribution < -0.4 is 4.90 Å². The number of rotatable bonds is 2. The molecule has 2 bridgehead atoms. The van der Waals surface area contributed by atoms with Crippen LogP contribution in [0.5, 0.6) is 0 Å². The molecule has 1 fully saturated rings. The number of hydrogen-bond acceptors (Lipinski definition) is 4. The van der Waals surface area contributed by atoms with Crippen LogP contribution in [0.15, 0.2) is 72.8 Å². The highest BCUT2D eigenvalue weighted by Crippen LogP contribution is 2.64. The Labute approximate surface area is 184 Å². The lowest BCUT2D eigenvalue weighted by molar-refractivity contribution is -0.132. The number of anilines is 1. The van der Waals surface area contributed by atoms with Gasteiger partial charge in [-0.25, -0.2) is 4.90 Å². The Kier molecular flexibility index (Phi) is 3.65. The highest BCUT2D eigenvalue weighted by molar-refractivity contribution is 6.25. The molecule has 4 aliphatic rings. The van der Waals surface area contributed by atoms with Crippen molar-refractivity contribution in [3.05, 3.63) is 101 Å². The highest BCUT2D eigenvalue weighted by Gasteiger charge is 2.69. The fourth-order valence-electron chi connectivity index (χ4n) is 6.31. The molecule has 2 amide bonds. The molecule has 5 nitrogen and oxygen atoms in total. The number of hydrogen-bond donors (Lipinski definition) is 0. The molecule has 5 heteroatoms. The third-order valence-corrected chi connectivity index (χ3v) is 7.43. The lowest BCUT2D eigenvalue weighted by Crippen LogP contribution is -2.57. The third kappa shape index (κ3) is 2.00. The maximum atomic E-state index is 13.9. The summed E-state index contributed by atoms with van der Waals surface area (Å²) in [6.07, 6.45) is 0. The largest absolute Gasteiger partial charge is 0.299 e. The van der Waals surface area contributed by atoms with Crippen molar-refractivity contribution in [3.8, 4) is 6.07 Å². The zero-order valence-corrected chi connectivity index (χ0v) is 17.3. The van der Waals surface area contributed by atoms with Crippen LogP contribution >= 0.6 is 0 Å². The van der Waals surface area contributed by atoms with Crippen molar-refractivity contribution in [1.82, 2.24) is 0 Å². The average Bonchev–Trinajstić information content (AvgIpc) is 3.09. The van der Waals surface area contributed by atoms with E-state index in [9.17, 15) is 14.4 Å². The average molecular weight is 418 g/mol. The van der Waals surface area contributed by atoms with Crippen LogP contribution in [0.25, 0.3) is 0 Å². The third-order valence-electron chi connectivity index (χ3n) is 7.43. The molecular formula is C27H18N2O3. The summed E-state index contributed by atoms with van der Waals surface area (Å²) in [7, 11) is 0. The van der Waals surface area contributed by atoms with Crippen LogP contribution in [0.4, 0.5) is 5.69 Å². The second kappa shape index (κ2) is 6.24. The van der Waals surface area contributed by atoms with E-state index in [0.29, 0.717) is 11.3 Å². The SMILES string of the molecule is CC(=O)C12c3ccccc3C(c3ccccc31)[C@@H]1C(=O)N(c3ccc(C#N)cc3)C(=O)[C@H]12. The predicted molar refractivity (Wildman–Crippen MR) is 117 cm³/mol. The Balaban J connectivity index is 1.64. The Hall–Kier alpha value is -4.04. The molecule has 0 spiro atoms. The lowest BCUT2D eigenvalue weighted by atomic mass is 9.46. The summed E-state index contributed by atoms with van der Waals surface area (Å²) in [5, 5.41) is 9.10. The van der Waals surface area contributed by atoms with Crippen molar-refractivity contribution < 1.29 is 14.4 Å². The minimum Gasteiger partial charge on any atom is -0.299 e. The summed E-state index contributed by atoms with van der Waals surface area (Å²) in [6.45, 7) is 1.53. The van der Waals surface area contributed by atoms with Gasteiger partial charge in [-0.3, -0.25) is 14.4 Å². The van der Waals surface area contributed by atoms with Gasteiger partial charge in [-0.1, -0.05) is 48.5 Å². The number of carbonyl (C=O) groups excluding carboxylic acids is 3. The first kappa shape index (κ1) is 18.7. The number of ketones is 1. The molecule has 2 atom stereocenters. The van der Waals surface area contributed by atoms with Crippen molar-refractivity contribution in [2.75, 3.05) is 4.90 Å². The zero-order valence-electron chi connectivity index (χ0n) is 17.3. The molecule has 0 radical (unpaired) electrons. The predicted octanol–water partition coefficient (Wildman–Crippen LogP) is 3.70. The van der Waals surface area contributed by atoms with E-state index in [2.05, 4.69) is 6.07 Å². The van der Waals surface area contributed by atoms with Crippen LogP contribution in [0.2, 0.25) is 0 Å². The fraction of sp³-hybridized carbons (Fsp3) is 0.185. The normalized spacial score (nSPS) is 26.9. The number of nitrogens with zero attached hydrogens (tertiary/aromatic N) is 2. The van der Waals surface area contributed by atoms with E-state index in [1.807, 2.05) is 48.5 Å². The van der Waals surface area contributed by atoms with Crippen molar-refractivity contribution in [2.45, 2.75) is 18.3 Å². The fourth-order valence-corrected chi connectivity index (χ4v) is 6.31. The maximum Gasteiger partial charge on any atom is 0.239 e. The van der Waals surface area contributed by atoms with Gasteiger partial charge in [0.25, 0.3) is 0 Å². The molecule has 3 aromatic carbocycles.